The second-order valence-corrected chi connectivity index (χ2v) is 4.31. The van der Waals surface area contributed by atoms with Crippen LogP contribution in [-0.2, 0) is 26.2 Å². The Labute approximate surface area is 158 Å². The molecule has 0 aliphatic rings. The van der Waals surface area contributed by atoms with Crippen LogP contribution in [0.15, 0.2) is 84.9 Å². The SMILES string of the molecule is [CH3-].[CH3-].[Si].[Zr+4].c1ccc2[cH-]ccc2c1.c1ccc2[cH-]ccc2c1. The van der Waals surface area contributed by atoms with Gasteiger partial charge in [0.15, 0.2) is 0 Å². The third-order valence-electron chi connectivity index (χ3n) is 3.10. The molecule has 0 aromatic heterocycles. The van der Waals surface area contributed by atoms with Crippen molar-refractivity contribution in [3.8, 4) is 0 Å². The van der Waals surface area contributed by atoms with Crippen LogP contribution < -0.4 is 0 Å². The van der Waals surface area contributed by atoms with Gasteiger partial charge in [-0.25, -0.2) is 0 Å². The third kappa shape index (κ3) is 5.51. The quantitative estimate of drug-likeness (QED) is 0.274. The zero-order chi connectivity index (χ0) is 12.2. The van der Waals surface area contributed by atoms with Crippen LogP contribution in [0.25, 0.3) is 21.5 Å². The summed E-state index contributed by atoms with van der Waals surface area (Å²) in [6, 6.07) is 29.3. The Morgan fingerprint density at radius 3 is 1.27 bits per heavy atom. The van der Waals surface area contributed by atoms with Crippen LogP contribution in [0.3, 0.4) is 0 Å². The second-order valence-electron chi connectivity index (χ2n) is 4.31. The Kier molecular flexibility index (Phi) is 11.9. The van der Waals surface area contributed by atoms with E-state index < -0.39 is 0 Å². The molecular weight excluding hydrogens is 360 g/mol. The first kappa shape index (κ1) is 23.0. The monoisotopic (exact) mass is 378 g/mol. The summed E-state index contributed by atoms with van der Waals surface area (Å²) in [6.07, 6.45) is 0. The van der Waals surface area contributed by atoms with Crippen molar-refractivity contribution < 1.29 is 26.2 Å². The van der Waals surface area contributed by atoms with Gasteiger partial charge in [0.2, 0.25) is 0 Å². The molecule has 4 rings (SSSR count). The van der Waals surface area contributed by atoms with Crippen molar-refractivity contribution in [2.75, 3.05) is 0 Å². The maximum absolute atomic E-state index is 2.12. The summed E-state index contributed by atoms with van der Waals surface area (Å²) in [6.45, 7) is 0. The molecule has 0 spiro atoms. The largest absolute Gasteiger partial charge is 4.00 e. The average molecular weight is 380 g/mol. The van der Waals surface area contributed by atoms with Crippen LogP contribution in [0.4, 0.5) is 0 Å². The number of hydrogen-bond donors (Lipinski definition) is 0. The third-order valence-corrected chi connectivity index (χ3v) is 3.10. The Balaban J connectivity index is 0. The molecule has 0 atom stereocenters. The maximum atomic E-state index is 2.12. The van der Waals surface area contributed by atoms with E-state index in [0.717, 1.165) is 0 Å². The summed E-state index contributed by atoms with van der Waals surface area (Å²) >= 11 is 0. The van der Waals surface area contributed by atoms with Gasteiger partial charge in [0.25, 0.3) is 0 Å². The van der Waals surface area contributed by atoms with Gasteiger partial charge in [-0.2, -0.15) is 35.0 Å². The predicted octanol–water partition coefficient (Wildman–Crippen LogP) is 5.63. The van der Waals surface area contributed by atoms with Crippen molar-refractivity contribution >= 4 is 32.5 Å². The summed E-state index contributed by atoms with van der Waals surface area (Å²) in [5.41, 5.74) is 0. The van der Waals surface area contributed by atoms with Crippen molar-refractivity contribution in [2.45, 2.75) is 0 Å². The first-order chi connectivity index (χ1) is 8.93. The molecule has 2 heteroatoms. The van der Waals surface area contributed by atoms with Gasteiger partial charge >= 0.3 is 26.2 Å². The molecule has 0 unspecified atom stereocenters. The topological polar surface area (TPSA) is 0 Å². The summed E-state index contributed by atoms with van der Waals surface area (Å²) in [7, 11) is 0. The normalized spacial score (nSPS) is 8.36. The minimum atomic E-state index is 0. The molecule has 4 aromatic rings. The van der Waals surface area contributed by atoms with Crippen molar-refractivity contribution in [2.24, 2.45) is 0 Å². The first-order valence-electron chi connectivity index (χ1n) is 6.14. The van der Waals surface area contributed by atoms with Crippen molar-refractivity contribution in [1.82, 2.24) is 0 Å². The van der Waals surface area contributed by atoms with Gasteiger partial charge in [0, 0.05) is 11.0 Å². The van der Waals surface area contributed by atoms with E-state index in [-0.39, 0.29) is 52.0 Å². The molecule has 0 saturated heterocycles. The predicted molar refractivity (Wildman–Crippen MR) is 97.7 cm³/mol. The number of benzene rings is 2. The number of fused-ring (bicyclic) bond motifs is 2. The van der Waals surface area contributed by atoms with Crippen molar-refractivity contribution in [3.05, 3.63) is 99.8 Å². The fraction of sp³-hybridized carbons (Fsp3) is 0. The average Bonchev–Trinajstić information content (AvgIpc) is 3.08. The molecule has 0 bridgehead atoms. The standard InChI is InChI=1S/2C9H7.2CH3.Si.Zr/c2*1-2-5-9-7-3-6-8(9)4-1;;;;/h2*1-7H;2*1H3;;/q4*-1;;+4. The molecule has 0 fully saturated rings. The van der Waals surface area contributed by atoms with Crippen LogP contribution in [0.5, 0.6) is 0 Å². The van der Waals surface area contributed by atoms with Gasteiger partial charge < -0.3 is 14.9 Å². The molecule has 4 aromatic carbocycles. The molecule has 4 radical (unpaired) electrons. The van der Waals surface area contributed by atoms with E-state index in [2.05, 4.69) is 84.9 Å². The molecule has 108 valence electrons. The van der Waals surface area contributed by atoms with Crippen LogP contribution >= 0.6 is 0 Å². The summed E-state index contributed by atoms with van der Waals surface area (Å²) in [5.74, 6) is 0. The zero-order valence-electron chi connectivity index (χ0n) is 13.1. The van der Waals surface area contributed by atoms with E-state index >= 15 is 0 Å². The summed E-state index contributed by atoms with van der Waals surface area (Å²) in [4.78, 5) is 0. The van der Waals surface area contributed by atoms with E-state index in [0.29, 0.717) is 0 Å². The van der Waals surface area contributed by atoms with Crippen LogP contribution in [0.1, 0.15) is 0 Å². The smallest absolute Gasteiger partial charge is 0.358 e. The van der Waals surface area contributed by atoms with E-state index in [4.69, 9.17) is 0 Å². The molecule has 0 heterocycles. The van der Waals surface area contributed by atoms with Gasteiger partial charge in [0.1, 0.15) is 0 Å². The summed E-state index contributed by atoms with van der Waals surface area (Å²) in [5, 5.41) is 5.32. The molecular formula is C20H20SiZr. The molecule has 0 saturated carbocycles. The van der Waals surface area contributed by atoms with Gasteiger partial charge in [-0.15, -0.1) is 59.3 Å². The second kappa shape index (κ2) is 11.3. The maximum Gasteiger partial charge on any atom is 4.00 e. The minimum absolute atomic E-state index is 0. The van der Waals surface area contributed by atoms with Gasteiger partial charge in [-0.05, 0) is 0 Å². The van der Waals surface area contributed by atoms with Crippen molar-refractivity contribution in [1.29, 1.82) is 0 Å². The molecule has 0 aliphatic carbocycles. The van der Waals surface area contributed by atoms with E-state index in [1.807, 2.05) is 0 Å². The van der Waals surface area contributed by atoms with Crippen molar-refractivity contribution in [3.63, 3.8) is 0 Å². The number of hydrogen-bond acceptors (Lipinski definition) is 0. The molecule has 0 N–H and O–H groups in total. The fourth-order valence-corrected chi connectivity index (χ4v) is 2.14. The zero-order valence-corrected chi connectivity index (χ0v) is 16.5. The molecule has 0 aliphatic heterocycles. The Morgan fingerprint density at radius 1 is 0.545 bits per heavy atom. The van der Waals surface area contributed by atoms with E-state index in [9.17, 15) is 0 Å². The van der Waals surface area contributed by atoms with Gasteiger partial charge in [-0.3, -0.25) is 0 Å². The summed E-state index contributed by atoms with van der Waals surface area (Å²) < 4.78 is 0. The van der Waals surface area contributed by atoms with Crippen LogP contribution in [0.2, 0.25) is 0 Å². The minimum Gasteiger partial charge on any atom is -0.358 e. The molecule has 0 nitrogen and oxygen atoms in total. The molecule has 22 heavy (non-hydrogen) atoms. The molecule has 0 amide bonds. The van der Waals surface area contributed by atoms with Gasteiger partial charge in [0.05, 0.1) is 0 Å². The van der Waals surface area contributed by atoms with E-state index in [1.165, 1.54) is 21.5 Å². The Bertz CT molecular complexity index is 626. The van der Waals surface area contributed by atoms with Gasteiger partial charge in [-0.1, -0.05) is 12.1 Å². The van der Waals surface area contributed by atoms with E-state index in [1.54, 1.807) is 0 Å². The Morgan fingerprint density at radius 2 is 0.909 bits per heavy atom. The Hall–Kier alpha value is -1.24. The van der Waals surface area contributed by atoms with Crippen LogP contribution in [0, 0.1) is 14.9 Å². The number of rotatable bonds is 0. The fourth-order valence-electron chi connectivity index (χ4n) is 2.14. The van der Waals surface area contributed by atoms with Crippen LogP contribution in [-0.4, -0.2) is 11.0 Å². The first-order valence-corrected chi connectivity index (χ1v) is 6.14.